The summed E-state index contributed by atoms with van der Waals surface area (Å²) in [6.07, 6.45) is -2.62. The molecule has 100 valence electrons. The highest BCUT2D eigenvalue weighted by Crippen LogP contribution is 2.19. The van der Waals surface area contributed by atoms with Gasteiger partial charge in [0, 0.05) is 13.5 Å². The zero-order valence-corrected chi connectivity index (χ0v) is 9.73. The van der Waals surface area contributed by atoms with Crippen LogP contribution in [-0.4, -0.2) is 33.8 Å². The van der Waals surface area contributed by atoms with Crippen LogP contribution >= 0.6 is 0 Å². The Labute approximate surface area is 102 Å². The summed E-state index contributed by atoms with van der Waals surface area (Å²) in [5.41, 5.74) is -0.102. The van der Waals surface area contributed by atoms with Crippen molar-refractivity contribution in [2.75, 3.05) is 6.54 Å². The predicted molar refractivity (Wildman–Crippen MR) is 58.4 cm³/mol. The van der Waals surface area contributed by atoms with E-state index in [0.717, 1.165) is 12.1 Å². The maximum atomic E-state index is 12.8. The zero-order chi connectivity index (χ0) is 13.7. The SMILES string of the molecule is CC(=O)NCCC(O)C(O)c1cc(F)nc(F)c1. The van der Waals surface area contributed by atoms with Gasteiger partial charge in [0.15, 0.2) is 0 Å². The molecule has 1 aromatic heterocycles. The van der Waals surface area contributed by atoms with E-state index in [9.17, 15) is 23.8 Å². The van der Waals surface area contributed by atoms with Crippen molar-refractivity contribution in [3.8, 4) is 0 Å². The molecule has 0 saturated carbocycles. The lowest BCUT2D eigenvalue weighted by Gasteiger charge is -2.18. The molecule has 0 aromatic carbocycles. The van der Waals surface area contributed by atoms with Gasteiger partial charge in [0.05, 0.1) is 6.10 Å². The number of rotatable bonds is 5. The van der Waals surface area contributed by atoms with E-state index < -0.39 is 24.1 Å². The minimum Gasteiger partial charge on any atom is -0.390 e. The molecule has 2 atom stereocenters. The van der Waals surface area contributed by atoms with Crippen molar-refractivity contribution >= 4 is 5.91 Å². The van der Waals surface area contributed by atoms with Gasteiger partial charge in [-0.05, 0) is 24.1 Å². The Morgan fingerprint density at radius 3 is 2.44 bits per heavy atom. The second-order valence-corrected chi connectivity index (χ2v) is 3.83. The highest BCUT2D eigenvalue weighted by molar-refractivity contribution is 5.72. The van der Waals surface area contributed by atoms with E-state index in [4.69, 9.17) is 0 Å². The summed E-state index contributed by atoms with van der Waals surface area (Å²) in [5, 5.41) is 21.7. The molecule has 0 saturated heterocycles. The fraction of sp³-hybridized carbons (Fsp3) is 0.455. The zero-order valence-electron chi connectivity index (χ0n) is 9.73. The molecule has 1 rings (SSSR count). The number of amides is 1. The fourth-order valence-corrected chi connectivity index (χ4v) is 1.43. The summed E-state index contributed by atoms with van der Waals surface area (Å²) < 4.78 is 25.6. The Balaban J connectivity index is 2.62. The lowest BCUT2D eigenvalue weighted by molar-refractivity contribution is -0.119. The van der Waals surface area contributed by atoms with Crippen molar-refractivity contribution in [2.45, 2.75) is 25.6 Å². The monoisotopic (exact) mass is 260 g/mol. The van der Waals surface area contributed by atoms with Crippen LogP contribution in [0.25, 0.3) is 0 Å². The molecule has 5 nitrogen and oxygen atoms in total. The Morgan fingerprint density at radius 2 is 1.94 bits per heavy atom. The molecule has 1 amide bonds. The Hall–Kier alpha value is -1.60. The summed E-state index contributed by atoms with van der Waals surface area (Å²) in [7, 11) is 0. The number of carbonyl (C=O) groups is 1. The summed E-state index contributed by atoms with van der Waals surface area (Å²) in [6, 6.07) is 1.69. The summed E-state index contributed by atoms with van der Waals surface area (Å²) in [4.78, 5) is 13.5. The largest absolute Gasteiger partial charge is 0.390 e. The molecular weight excluding hydrogens is 246 g/mol. The van der Waals surface area contributed by atoms with Gasteiger partial charge in [0.1, 0.15) is 6.10 Å². The first-order valence-corrected chi connectivity index (χ1v) is 5.33. The van der Waals surface area contributed by atoms with Crippen LogP contribution < -0.4 is 5.32 Å². The second-order valence-electron chi connectivity index (χ2n) is 3.83. The number of pyridine rings is 1. The highest BCUT2D eigenvalue weighted by atomic mass is 19.1. The maximum absolute atomic E-state index is 12.8. The summed E-state index contributed by atoms with van der Waals surface area (Å²) in [6.45, 7) is 1.47. The van der Waals surface area contributed by atoms with E-state index in [-0.39, 0.29) is 24.4 Å². The standard InChI is InChI=1S/C11H14F2N2O3/c1-6(16)14-3-2-8(17)11(18)7-4-9(12)15-10(13)5-7/h4-5,8,11,17-18H,2-3H2,1H3,(H,14,16). The van der Waals surface area contributed by atoms with E-state index in [0.29, 0.717) is 0 Å². The van der Waals surface area contributed by atoms with E-state index in [1.165, 1.54) is 6.92 Å². The number of aromatic nitrogens is 1. The van der Waals surface area contributed by atoms with Crippen molar-refractivity contribution in [1.82, 2.24) is 10.3 Å². The Morgan fingerprint density at radius 1 is 1.39 bits per heavy atom. The molecule has 0 aliphatic carbocycles. The van der Waals surface area contributed by atoms with Crippen LogP contribution in [0.2, 0.25) is 0 Å². The normalized spacial score (nSPS) is 14.1. The Kier molecular flexibility index (Phi) is 5.11. The number of aliphatic hydroxyl groups excluding tert-OH is 2. The molecule has 0 radical (unpaired) electrons. The van der Waals surface area contributed by atoms with Gasteiger partial charge in [-0.25, -0.2) is 0 Å². The number of halogens is 2. The van der Waals surface area contributed by atoms with Crippen LogP contribution in [0.3, 0.4) is 0 Å². The molecule has 7 heteroatoms. The quantitative estimate of drug-likeness (QED) is 0.664. The molecule has 0 aliphatic heterocycles. The molecule has 2 unspecified atom stereocenters. The van der Waals surface area contributed by atoms with Crippen molar-refractivity contribution < 1.29 is 23.8 Å². The number of carbonyl (C=O) groups excluding carboxylic acids is 1. The van der Waals surface area contributed by atoms with E-state index in [1.807, 2.05) is 0 Å². The summed E-state index contributed by atoms with van der Waals surface area (Å²) in [5.74, 6) is -2.41. The van der Waals surface area contributed by atoms with Gasteiger partial charge < -0.3 is 15.5 Å². The molecule has 0 aliphatic rings. The van der Waals surface area contributed by atoms with Crippen LogP contribution in [0.15, 0.2) is 12.1 Å². The van der Waals surface area contributed by atoms with Crippen molar-refractivity contribution in [3.63, 3.8) is 0 Å². The molecule has 3 N–H and O–H groups in total. The molecule has 1 heterocycles. The minimum absolute atomic E-state index is 0.0618. The molecule has 0 fully saturated rings. The maximum Gasteiger partial charge on any atom is 0.216 e. The van der Waals surface area contributed by atoms with Crippen molar-refractivity contribution in [2.24, 2.45) is 0 Å². The first-order valence-electron chi connectivity index (χ1n) is 5.33. The fourth-order valence-electron chi connectivity index (χ4n) is 1.43. The van der Waals surface area contributed by atoms with Gasteiger partial charge in [-0.15, -0.1) is 0 Å². The second kappa shape index (κ2) is 6.36. The van der Waals surface area contributed by atoms with Crippen LogP contribution in [0.4, 0.5) is 8.78 Å². The first kappa shape index (κ1) is 14.5. The van der Waals surface area contributed by atoms with E-state index in [1.54, 1.807) is 0 Å². The number of nitrogens with one attached hydrogen (secondary N) is 1. The molecule has 1 aromatic rings. The lowest BCUT2D eigenvalue weighted by Crippen LogP contribution is -2.27. The van der Waals surface area contributed by atoms with Crippen LogP contribution in [0.5, 0.6) is 0 Å². The third kappa shape index (κ3) is 4.34. The van der Waals surface area contributed by atoms with Gasteiger partial charge >= 0.3 is 0 Å². The van der Waals surface area contributed by atoms with Gasteiger partial charge in [0.25, 0.3) is 0 Å². The summed E-state index contributed by atoms with van der Waals surface area (Å²) >= 11 is 0. The average Bonchev–Trinajstić information content (AvgIpc) is 2.26. The number of nitrogens with zero attached hydrogens (tertiary/aromatic N) is 1. The van der Waals surface area contributed by atoms with Gasteiger partial charge in [0.2, 0.25) is 17.8 Å². The van der Waals surface area contributed by atoms with Crippen LogP contribution in [-0.2, 0) is 4.79 Å². The Bertz CT molecular complexity index is 408. The third-order valence-electron chi connectivity index (χ3n) is 2.31. The average molecular weight is 260 g/mol. The van der Waals surface area contributed by atoms with Crippen molar-refractivity contribution in [1.29, 1.82) is 0 Å². The topological polar surface area (TPSA) is 82.5 Å². The molecular formula is C11H14F2N2O3. The van der Waals surface area contributed by atoms with E-state index >= 15 is 0 Å². The van der Waals surface area contributed by atoms with Gasteiger partial charge in [-0.1, -0.05) is 0 Å². The highest BCUT2D eigenvalue weighted by Gasteiger charge is 2.20. The van der Waals surface area contributed by atoms with Crippen LogP contribution in [0, 0.1) is 11.9 Å². The first-order chi connectivity index (χ1) is 8.40. The number of hydrogen-bond acceptors (Lipinski definition) is 4. The molecule has 0 bridgehead atoms. The number of hydrogen-bond donors (Lipinski definition) is 3. The predicted octanol–water partition coefficient (Wildman–Crippen LogP) is 0.280. The van der Waals surface area contributed by atoms with Crippen LogP contribution in [0.1, 0.15) is 25.0 Å². The third-order valence-corrected chi connectivity index (χ3v) is 2.31. The molecule has 18 heavy (non-hydrogen) atoms. The van der Waals surface area contributed by atoms with Crippen molar-refractivity contribution in [3.05, 3.63) is 29.6 Å². The van der Waals surface area contributed by atoms with E-state index in [2.05, 4.69) is 10.3 Å². The molecule has 0 spiro atoms. The van der Waals surface area contributed by atoms with Gasteiger partial charge in [-0.3, -0.25) is 4.79 Å². The lowest BCUT2D eigenvalue weighted by atomic mass is 10.0. The smallest absolute Gasteiger partial charge is 0.216 e. The minimum atomic E-state index is -1.44. The number of aliphatic hydroxyl groups is 2. The van der Waals surface area contributed by atoms with Gasteiger partial charge in [-0.2, -0.15) is 13.8 Å².